The molecule has 0 aliphatic carbocycles. The number of amides is 1. The molecule has 38 heavy (non-hydrogen) atoms. The minimum atomic E-state index is -4.65. The first-order valence-electron chi connectivity index (χ1n) is 10.9. The van der Waals surface area contributed by atoms with Crippen LogP contribution in [0.15, 0.2) is 59.3 Å². The van der Waals surface area contributed by atoms with E-state index in [1.165, 1.54) is 43.2 Å². The summed E-state index contributed by atoms with van der Waals surface area (Å²) in [5.74, 6) is -0.271. The number of pyridine rings is 1. The molecule has 3 aromatic rings. The molecule has 1 fully saturated rings. The third kappa shape index (κ3) is 5.64. The van der Waals surface area contributed by atoms with Crippen LogP contribution in [0.2, 0.25) is 0 Å². The highest BCUT2D eigenvalue weighted by Gasteiger charge is 2.34. The fourth-order valence-electron chi connectivity index (χ4n) is 3.70. The maximum absolute atomic E-state index is 13.3. The minimum absolute atomic E-state index is 0.0430. The van der Waals surface area contributed by atoms with Gasteiger partial charge in [0.05, 0.1) is 18.4 Å². The Morgan fingerprint density at radius 2 is 1.92 bits per heavy atom. The van der Waals surface area contributed by atoms with Crippen LogP contribution in [0.1, 0.15) is 27.9 Å². The van der Waals surface area contributed by atoms with E-state index in [9.17, 15) is 27.6 Å². The summed E-state index contributed by atoms with van der Waals surface area (Å²) in [7, 11) is 1.45. The first kappa shape index (κ1) is 27.1. The fourth-order valence-corrected chi connectivity index (χ4v) is 5.03. The summed E-state index contributed by atoms with van der Waals surface area (Å²) in [6, 6.07) is 13.2. The van der Waals surface area contributed by atoms with Gasteiger partial charge >= 0.3 is 6.18 Å². The van der Waals surface area contributed by atoms with Crippen molar-refractivity contribution in [3.8, 4) is 11.8 Å². The molecule has 1 saturated heterocycles. The van der Waals surface area contributed by atoms with Crippen LogP contribution in [0.3, 0.4) is 0 Å². The number of methoxy groups -OCH3 is 1. The Balaban J connectivity index is 1.61. The number of carbonyl (C=O) groups is 1. The van der Waals surface area contributed by atoms with Gasteiger partial charge in [-0.3, -0.25) is 9.69 Å². The van der Waals surface area contributed by atoms with Gasteiger partial charge in [-0.1, -0.05) is 6.07 Å². The molecule has 2 heterocycles. The van der Waals surface area contributed by atoms with Crippen LogP contribution in [0.25, 0.3) is 6.08 Å². The van der Waals surface area contributed by atoms with E-state index in [1.54, 1.807) is 24.3 Å². The molecule has 1 aliphatic heterocycles. The minimum Gasteiger partial charge on any atom is -0.496 e. The van der Waals surface area contributed by atoms with Gasteiger partial charge < -0.3 is 10.1 Å². The smallest absolute Gasteiger partial charge is 0.433 e. The quantitative estimate of drug-likeness (QED) is 0.173. The van der Waals surface area contributed by atoms with Gasteiger partial charge in [-0.15, -0.1) is 11.8 Å². The van der Waals surface area contributed by atoms with Crippen LogP contribution < -0.4 is 15.0 Å². The topological polar surface area (TPSA) is 78.2 Å². The highest BCUT2D eigenvalue weighted by atomic mass is 32.2. The maximum Gasteiger partial charge on any atom is 0.433 e. The third-order valence-corrected chi connectivity index (χ3v) is 6.84. The number of halogens is 4. The van der Waals surface area contributed by atoms with Gasteiger partial charge in [0.2, 0.25) is 0 Å². The SMILES string of the molecule is COc1ccc(/C=C2/NC(=S)N(c3ccc(F)cc3)C2=O)cc1CSc1nc(C(F)(F)F)cc(C)c1C#N. The first-order valence-corrected chi connectivity index (χ1v) is 12.3. The van der Waals surface area contributed by atoms with Crippen molar-refractivity contribution in [1.82, 2.24) is 10.3 Å². The maximum atomic E-state index is 13.3. The molecule has 0 saturated carbocycles. The molecule has 1 aliphatic rings. The summed E-state index contributed by atoms with van der Waals surface area (Å²) < 4.78 is 58.5. The van der Waals surface area contributed by atoms with E-state index >= 15 is 0 Å². The zero-order valence-electron chi connectivity index (χ0n) is 19.9. The molecular weight excluding hydrogens is 540 g/mol. The van der Waals surface area contributed by atoms with E-state index in [1.807, 2.05) is 6.07 Å². The predicted octanol–water partition coefficient (Wildman–Crippen LogP) is 5.98. The zero-order chi connectivity index (χ0) is 27.6. The summed E-state index contributed by atoms with van der Waals surface area (Å²) in [6.07, 6.45) is -3.08. The molecule has 0 atom stereocenters. The second-order valence-corrected chi connectivity index (χ2v) is 9.43. The predicted molar refractivity (Wildman–Crippen MR) is 139 cm³/mol. The average Bonchev–Trinajstić information content (AvgIpc) is 3.14. The lowest BCUT2D eigenvalue weighted by Crippen LogP contribution is -2.30. The molecule has 194 valence electrons. The Morgan fingerprint density at radius 3 is 2.55 bits per heavy atom. The Bertz CT molecular complexity index is 1500. The number of nitrogens with zero attached hydrogens (tertiary/aromatic N) is 3. The highest BCUT2D eigenvalue weighted by molar-refractivity contribution is 7.98. The van der Waals surface area contributed by atoms with Crippen LogP contribution in [-0.2, 0) is 16.7 Å². The zero-order valence-corrected chi connectivity index (χ0v) is 21.5. The third-order valence-electron chi connectivity index (χ3n) is 5.53. The summed E-state index contributed by atoms with van der Waals surface area (Å²) in [5.41, 5.74) is 0.956. The van der Waals surface area contributed by atoms with Crippen molar-refractivity contribution in [3.05, 3.63) is 88.0 Å². The standard InChI is InChI=1S/C26H18F4N4O2S2/c1-14-9-22(26(28,29)30)33-23(19(14)12-31)38-13-16-10-15(3-8-21(16)36-2)11-20-24(35)34(25(37)32-20)18-6-4-17(27)5-7-18/h3-11H,13H2,1-2H3,(H,32,37)/b20-11+. The van der Waals surface area contributed by atoms with E-state index in [4.69, 9.17) is 17.0 Å². The Kier molecular flexibility index (Phi) is 7.71. The number of ether oxygens (including phenoxy) is 1. The van der Waals surface area contributed by atoms with E-state index in [-0.39, 0.29) is 32.7 Å². The molecule has 1 N–H and O–H groups in total. The largest absolute Gasteiger partial charge is 0.496 e. The summed E-state index contributed by atoms with van der Waals surface area (Å²) >= 11 is 6.25. The average molecular weight is 559 g/mol. The van der Waals surface area contributed by atoms with Crippen LogP contribution in [0.4, 0.5) is 23.2 Å². The second-order valence-electron chi connectivity index (χ2n) is 8.08. The number of hydrogen-bond acceptors (Lipinski definition) is 6. The summed E-state index contributed by atoms with van der Waals surface area (Å²) in [5, 5.41) is 12.4. The van der Waals surface area contributed by atoms with Crippen LogP contribution in [-0.4, -0.2) is 23.1 Å². The van der Waals surface area contributed by atoms with Gasteiger partial charge in [-0.25, -0.2) is 9.37 Å². The van der Waals surface area contributed by atoms with Gasteiger partial charge in [0.25, 0.3) is 5.91 Å². The van der Waals surface area contributed by atoms with Crippen molar-refractivity contribution in [3.63, 3.8) is 0 Å². The monoisotopic (exact) mass is 558 g/mol. The van der Waals surface area contributed by atoms with Crippen molar-refractivity contribution in [2.24, 2.45) is 0 Å². The molecule has 0 spiro atoms. The number of aromatic nitrogens is 1. The van der Waals surface area contributed by atoms with Gasteiger partial charge in [-0.2, -0.15) is 18.4 Å². The number of nitriles is 1. The van der Waals surface area contributed by atoms with E-state index in [0.717, 1.165) is 17.8 Å². The van der Waals surface area contributed by atoms with Crippen molar-refractivity contribution < 1.29 is 27.1 Å². The number of benzene rings is 2. The van der Waals surface area contributed by atoms with Crippen molar-refractivity contribution in [2.75, 3.05) is 12.0 Å². The molecule has 4 rings (SSSR count). The normalized spacial score (nSPS) is 14.6. The molecule has 0 radical (unpaired) electrons. The lowest BCUT2D eigenvalue weighted by atomic mass is 10.1. The highest BCUT2D eigenvalue weighted by Crippen LogP contribution is 2.35. The first-order chi connectivity index (χ1) is 18.0. The van der Waals surface area contributed by atoms with E-state index in [0.29, 0.717) is 22.6 Å². The van der Waals surface area contributed by atoms with Gasteiger partial charge in [0.1, 0.15) is 34.1 Å². The van der Waals surface area contributed by atoms with Gasteiger partial charge in [0, 0.05) is 11.3 Å². The van der Waals surface area contributed by atoms with Gasteiger partial charge in [0.15, 0.2) is 5.11 Å². The molecule has 6 nitrogen and oxygen atoms in total. The van der Waals surface area contributed by atoms with E-state index < -0.39 is 23.6 Å². The van der Waals surface area contributed by atoms with Crippen LogP contribution in [0, 0.1) is 24.1 Å². The number of rotatable bonds is 6. The summed E-state index contributed by atoms with van der Waals surface area (Å²) in [6.45, 7) is 1.43. The Morgan fingerprint density at radius 1 is 1.21 bits per heavy atom. The lowest BCUT2D eigenvalue weighted by molar-refractivity contribution is -0.141. The Hall–Kier alpha value is -3.95. The number of hydrogen-bond donors (Lipinski definition) is 1. The molecule has 1 aromatic heterocycles. The van der Waals surface area contributed by atoms with E-state index in [2.05, 4.69) is 10.3 Å². The molecule has 12 heteroatoms. The van der Waals surface area contributed by atoms with Crippen LogP contribution >= 0.6 is 24.0 Å². The molecule has 2 aromatic carbocycles. The van der Waals surface area contributed by atoms with Crippen molar-refractivity contribution in [2.45, 2.75) is 23.9 Å². The summed E-state index contributed by atoms with van der Waals surface area (Å²) in [4.78, 5) is 17.9. The molecular formula is C26H18F4N4O2S2. The number of alkyl halides is 3. The number of aryl methyl sites for hydroxylation is 1. The fraction of sp³-hybridized carbons (Fsp3) is 0.154. The second kappa shape index (κ2) is 10.8. The van der Waals surface area contributed by atoms with Gasteiger partial charge in [-0.05, 0) is 78.8 Å². The van der Waals surface area contributed by atoms with Crippen LogP contribution in [0.5, 0.6) is 5.75 Å². The lowest BCUT2D eigenvalue weighted by Gasteiger charge is -2.13. The Labute approximate surface area is 224 Å². The number of thiocarbonyl (C=S) groups is 1. The molecule has 1 amide bonds. The number of anilines is 1. The number of carbonyl (C=O) groups excluding carboxylic acids is 1. The number of nitrogens with one attached hydrogen (secondary N) is 1. The van der Waals surface area contributed by atoms with Crippen molar-refractivity contribution in [1.29, 1.82) is 5.26 Å². The molecule has 0 unspecified atom stereocenters. The molecule has 0 bridgehead atoms. The number of thioether (sulfide) groups is 1. The van der Waals surface area contributed by atoms with Crippen molar-refractivity contribution >= 4 is 46.8 Å².